The number of para-hydroxylation sites is 1. The molecule has 5 atom stereocenters. The maximum Gasteiger partial charge on any atom is 0.320 e. The van der Waals surface area contributed by atoms with E-state index < -0.39 is 97.6 Å². The van der Waals surface area contributed by atoms with Crippen LogP contribution in [0, 0.1) is 11.6 Å². The highest BCUT2D eigenvalue weighted by Gasteiger charge is 2.21. The van der Waals surface area contributed by atoms with Gasteiger partial charge in [-0.2, -0.15) is 0 Å². The van der Waals surface area contributed by atoms with Gasteiger partial charge in [0.15, 0.2) is 11.5 Å². The molecule has 20 N–H and O–H groups in total. The molecule has 0 fully saturated rings. The van der Waals surface area contributed by atoms with Gasteiger partial charge in [0.2, 0.25) is 20.0 Å². The molecule has 0 unspecified atom stereocenters. The van der Waals surface area contributed by atoms with Crippen LogP contribution >= 0.6 is 0 Å². The maximum absolute atomic E-state index is 13.5. The number of halogens is 2. The van der Waals surface area contributed by atoms with Crippen LogP contribution in [0.4, 0.5) is 8.78 Å². The number of rotatable bonds is 33. The number of carbonyl (C=O) groups is 8. The van der Waals surface area contributed by atoms with E-state index >= 15 is 0 Å². The Morgan fingerprint density at radius 3 is 0.991 bits per heavy atom. The fourth-order valence-corrected chi connectivity index (χ4v) is 11.4. The molecule has 0 aliphatic rings. The zero-order chi connectivity index (χ0) is 83.4. The van der Waals surface area contributed by atoms with Crippen LogP contribution in [-0.2, 0) is 109 Å². The van der Waals surface area contributed by atoms with E-state index in [2.05, 4.69) is 25.4 Å². The van der Waals surface area contributed by atoms with Crippen molar-refractivity contribution >= 4 is 67.6 Å². The molecule has 0 spiro atoms. The molecule has 0 aromatic heterocycles. The summed E-state index contributed by atoms with van der Waals surface area (Å²) in [6.45, 7) is 1.26. The second-order valence-corrected chi connectivity index (χ2v) is 28.7. The first-order valence-electron chi connectivity index (χ1n) is 34.4. The van der Waals surface area contributed by atoms with Crippen molar-refractivity contribution in [2.24, 2.45) is 28.7 Å². The molecule has 0 radical (unpaired) electrons. The van der Waals surface area contributed by atoms with Gasteiger partial charge in [0.1, 0.15) is 41.8 Å². The number of methoxy groups -OCH3 is 2. The van der Waals surface area contributed by atoms with Crippen LogP contribution in [0.1, 0.15) is 86.7 Å². The van der Waals surface area contributed by atoms with Crippen molar-refractivity contribution in [3.8, 4) is 11.5 Å². The normalized spacial score (nSPS) is 12.1. The second kappa shape index (κ2) is 45.8. The topological polar surface area (TPSA) is 515 Å². The molecule has 600 valence electrons. The minimum absolute atomic E-state index is 0.127. The van der Waals surface area contributed by atoms with E-state index in [0.717, 1.165) is 74.0 Å². The number of nitrogens with one attached hydrogen (secondary N) is 5. The van der Waals surface area contributed by atoms with E-state index in [0.29, 0.717) is 41.8 Å². The fraction of sp³-hybridized carbons (Fsp3) is 0.225. The highest BCUT2D eigenvalue weighted by Crippen LogP contribution is 2.31. The van der Waals surface area contributed by atoms with Gasteiger partial charge in [-0.1, -0.05) is 164 Å². The van der Waals surface area contributed by atoms with Crippen molar-refractivity contribution < 1.29 is 99.0 Å². The number of ether oxygens (including phenoxy) is 2. The molecule has 9 aromatic rings. The Labute approximate surface area is 651 Å². The maximum atomic E-state index is 13.5. The first-order valence-corrected chi connectivity index (χ1v) is 37.8. The highest BCUT2D eigenvalue weighted by molar-refractivity contribution is 7.89. The molecule has 29 nitrogen and oxygen atoms in total. The standard InChI is InChI=1S/C19H22N2O5.C17H16F2N2O3.C17H18N2O3.C16H18N2O4S.C11H16N2O4S/c1-25-16-5-3-4-14(17(16)26-2)18(22)21-11-13-8-6-12(7-9-13)10-15(20)19(23)24;18-12-5-6-13(14(19)8-12)16(22)21-9-11-3-1-10(2-4-11)7-15(20)17(23)24;18-15(17(21)22)10-12-6-8-13(9-7-12)11-19-16(20)14-4-2-1-3-5-14;17-15(16(19)20)10-12-6-8-13(9-7-12)11-18-23(21,22)14-4-2-1-3-5-14;1-18(16,17)13-7-9-4-2-8(3-5-9)6-10(12)11(14)15/h3-9,15H,10-11,20H2,1-2H3,(H,21,22)(H,23,24);1-6,8,15H,7,9,20H2,(H,21,22)(H,23,24);1-9,15H,10-11,18H2,(H,19,20)(H,21,22);1-9,15,18H,10-11,17H2,(H,19,20);2-5,10,13H,6-7,12H2,1H3,(H,14,15)/t4*15-;10-/m00000/s1. The van der Waals surface area contributed by atoms with Gasteiger partial charge in [0.05, 0.1) is 36.5 Å². The third kappa shape index (κ3) is 33.1. The number of carboxylic acid groups (broad SMARTS) is 5. The van der Waals surface area contributed by atoms with Crippen molar-refractivity contribution in [2.45, 2.75) is 99.9 Å². The van der Waals surface area contributed by atoms with Crippen molar-refractivity contribution in [1.82, 2.24) is 25.4 Å². The van der Waals surface area contributed by atoms with Gasteiger partial charge in [-0.15, -0.1) is 0 Å². The van der Waals surface area contributed by atoms with Crippen LogP contribution < -0.4 is 63.5 Å². The van der Waals surface area contributed by atoms with E-state index in [1.807, 2.05) is 54.6 Å². The smallest absolute Gasteiger partial charge is 0.320 e. The summed E-state index contributed by atoms with van der Waals surface area (Å²) in [7, 11) is -3.76. The molecule has 9 rings (SSSR count). The largest absolute Gasteiger partial charge is 0.493 e. The Balaban J connectivity index is 0.000000254. The molecule has 9 aromatic carbocycles. The van der Waals surface area contributed by atoms with Crippen LogP contribution in [0.2, 0.25) is 0 Å². The number of nitrogens with two attached hydrogens (primary N) is 5. The molecule has 0 aliphatic carbocycles. The van der Waals surface area contributed by atoms with Gasteiger partial charge >= 0.3 is 29.8 Å². The summed E-state index contributed by atoms with van der Waals surface area (Å²) in [5.74, 6) is -7.09. The number of benzene rings is 9. The van der Waals surface area contributed by atoms with Gasteiger partial charge in [-0.3, -0.25) is 38.4 Å². The molecule has 3 amide bonds. The van der Waals surface area contributed by atoms with Gasteiger partial charge in [0.25, 0.3) is 17.7 Å². The number of hydrogen-bond acceptors (Lipinski definition) is 19. The summed E-state index contributed by atoms with van der Waals surface area (Å²) in [4.78, 5) is 89.9. The quantitative estimate of drug-likeness (QED) is 0.0230. The second-order valence-electron chi connectivity index (χ2n) is 25.1. The predicted molar refractivity (Wildman–Crippen MR) is 417 cm³/mol. The third-order valence-corrected chi connectivity index (χ3v) is 18.3. The van der Waals surface area contributed by atoms with Crippen LogP contribution in [-0.4, -0.2) is 141 Å². The lowest BCUT2D eigenvalue weighted by molar-refractivity contribution is -0.139. The minimum atomic E-state index is -3.55. The summed E-state index contributed by atoms with van der Waals surface area (Å²) in [6, 6.07) is 55.7. The number of carboxylic acids is 5. The molecule has 0 bridgehead atoms. The molecular formula is C80H90F2N10O19S2. The lowest BCUT2D eigenvalue weighted by Gasteiger charge is -2.13. The first kappa shape index (κ1) is 91.4. The monoisotopic (exact) mass is 1600 g/mol. The van der Waals surface area contributed by atoms with Gasteiger partial charge in [-0.05, 0) is 136 Å². The van der Waals surface area contributed by atoms with E-state index in [1.54, 1.807) is 133 Å². The Bertz CT molecular complexity index is 4850. The van der Waals surface area contributed by atoms with Crippen molar-refractivity contribution in [3.05, 3.63) is 302 Å². The average Bonchev–Trinajstić information content (AvgIpc) is 0.818. The average molecular weight is 1600 g/mol. The van der Waals surface area contributed by atoms with Crippen LogP contribution in [0.5, 0.6) is 11.5 Å². The van der Waals surface area contributed by atoms with Crippen molar-refractivity contribution in [2.75, 3.05) is 20.5 Å². The molecule has 0 saturated carbocycles. The summed E-state index contributed by atoms with van der Waals surface area (Å²) in [5.41, 5.74) is 36.3. The minimum Gasteiger partial charge on any atom is -0.493 e. The van der Waals surface area contributed by atoms with Gasteiger partial charge in [-0.25, -0.2) is 35.1 Å². The van der Waals surface area contributed by atoms with Crippen molar-refractivity contribution in [1.29, 1.82) is 0 Å². The molecule has 0 saturated heterocycles. The first-order chi connectivity index (χ1) is 53.5. The van der Waals surface area contributed by atoms with E-state index in [4.69, 9.17) is 63.7 Å². The molecule has 0 aliphatic heterocycles. The highest BCUT2D eigenvalue weighted by atomic mass is 32.2. The van der Waals surface area contributed by atoms with Crippen LogP contribution in [0.3, 0.4) is 0 Å². The molecule has 113 heavy (non-hydrogen) atoms. The zero-order valence-electron chi connectivity index (χ0n) is 61.7. The summed E-state index contributed by atoms with van der Waals surface area (Å²) >= 11 is 0. The Hall–Kier alpha value is -12.2. The summed E-state index contributed by atoms with van der Waals surface area (Å²) in [6.07, 6.45) is 2.30. The number of aliphatic carboxylic acids is 5. The zero-order valence-corrected chi connectivity index (χ0v) is 63.3. The number of amides is 3. The molecule has 33 heteroatoms. The van der Waals surface area contributed by atoms with Crippen molar-refractivity contribution in [3.63, 3.8) is 0 Å². The number of sulfonamides is 2. The van der Waals surface area contributed by atoms with Crippen LogP contribution in [0.15, 0.2) is 223 Å². The predicted octanol–water partition coefficient (Wildman–Crippen LogP) is 5.82. The SMILES string of the molecule is COc1cccc(C(=O)NCc2ccc(C[C@H](N)C(=O)O)cc2)c1OC.CS(=O)(=O)NCc1ccc(C[C@H](N)C(=O)O)cc1.N[C@@H](Cc1ccc(CNC(=O)c2ccc(F)cc2F)cc1)C(=O)O.N[C@@H](Cc1ccc(CNC(=O)c2ccccc2)cc1)C(=O)O.N[C@@H](Cc1ccc(CNS(=O)(=O)c2ccccc2)cc1)C(=O)O. The lowest BCUT2D eigenvalue weighted by Crippen LogP contribution is -2.32. The Morgan fingerprint density at radius 1 is 0.363 bits per heavy atom. The van der Waals surface area contributed by atoms with E-state index in [-0.39, 0.29) is 74.0 Å². The Kier molecular flexibility index (Phi) is 37.1. The third-order valence-electron chi connectivity index (χ3n) is 16.3. The fourth-order valence-electron chi connectivity index (χ4n) is 9.92. The number of hydrogen-bond donors (Lipinski definition) is 15. The van der Waals surface area contributed by atoms with E-state index in [1.165, 1.54) is 26.4 Å². The van der Waals surface area contributed by atoms with Crippen LogP contribution in [0.25, 0.3) is 0 Å². The number of carbonyl (C=O) groups excluding carboxylic acids is 3. The summed E-state index contributed by atoms with van der Waals surface area (Å²) < 4.78 is 87.7. The van der Waals surface area contributed by atoms with Gasteiger partial charge in [0, 0.05) is 44.4 Å². The van der Waals surface area contributed by atoms with E-state index in [9.17, 15) is 64.0 Å². The Morgan fingerprint density at radius 2 is 0.673 bits per heavy atom. The molecule has 0 heterocycles. The summed E-state index contributed by atoms with van der Waals surface area (Å²) in [5, 5.41) is 52.0. The van der Waals surface area contributed by atoms with Gasteiger partial charge < -0.3 is 79.6 Å². The lowest BCUT2D eigenvalue weighted by atomic mass is 10.0. The molecular weight excluding hydrogens is 1510 g/mol.